The molecule has 0 spiro atoms. The topological polar surface area (TPSA) is 13.1 Å². The number of halogens is 1. The minimum Gasteiger partial charge on any atom is -0.469 e. The molecule has 0 amide bonds. The maximum absolute atomic E-state index is 6.63. The third-order valence-electron chi connectivity index (χ3n) is 3.44. The van der Waals surface area contributed by atoms with E-state index in [1.807, 2.05) is 13.0 Å². The summed E-state index contributed by atoms with van der Waals surface area (Å²) in [6, 6.07) is 8.57. The summed E-state index contributed by atoms with van der Waals surface area (Å²) in [5, 5.41) is -0.120. The second-order valence-corrected chi connectivity index (χ2v) is 4.97. The second kappa shape index (κ2) is 5.62. The molecule has 0 bridgehead atoms. The number of alkyl halides is 1. The quantitative estimate of drug-likeness (QED) is 0.704. The first kappa shape index (κ1) is 13.2. The summed E-state index contributed by atoms with van der Waals surface area (Å²) >= 11 is 6.63. The van der Waals surface area contributed by atoms with E-state index in [1.54, 1.807) is 6.26 Å². The van der Waals surface area contributed by atoms with Crippen molar-refractivity contribution in [1.29, 1.82) is 0 Å². The molecule has 0 aliphatic carbocycles. The number of hydrogen-bond donors (Lipinski definition) is 0. The van der Waals surface area contributed by atoms with Gasteiger partial charge < -0.3 is 4.42 Å². The molecule has 2 rings (SSSR count). The Morgan fingerprint density at radius 2 is 1.89 bits per heavy atom. The number of hydrogen-bond acceptors (Lipinski definition) is 1. The minimum atomic E-state index is -0.120. The molecule has 0 aliphatic rings. The Morgan fingerprint density at radius 1 is 1.11 bits per heavy atom. The molecule has 0 aliphatic heterocycles. The lowest BCUT2D eigenvalue weighted by Crippen LogP contribution is -2.00. The van der Waals surface area contributed by atoms with Crippen molar-refractivity contribution in [3.8, 4) is 0 Å². The molecule has 96 valence electrons. The molecule has 18 heavy (non-hydrogen) atoms. The lowest BCUT2D eigenvalue weighted by atomic mass is 9.95. The summed E-state index contributed by atoms with van der Waals surface area (Å²) in [4.78, 5) is 0. The lowest BCUT2D eigenvalue weighted by molar-refractivity contribution is 0.530. The van der Waals surface area contributed by atoms with Gasteiger partial charge in [0.25, 0.3) is 0 Å². The molecule has 0 saturated carbocycles. The molecular formula is C16H19ClO. The van der Waals surface area contributed by atoms with Crippen molar-refractivity contribution in [2.24, 2.45) is 0 Å². The molecule has 1 atom stereocenters. The van der Waals surface area contributed by atoms with E-state index >= 15 is 0 Å². The van der Waals surface area contributed by atoms with Crippen molar-refractivity contribution < 1.29 is 4.42 Å². The van der Waals surface area contributed by atoms with E-state index in [1.165, 1.54) is 16.7 Å². The van der Waals surface area contributed by atoms with Crippen molar-refractivity contribution in [3.63, 3.8) is 0 Å². The first-order valence-electron chi connectivity index (χ1n) is 6.47. The Kier molecular flexibility index (Phi) is 4.13. The summed E-state index contributed by atoms with van der Waals surface area (Å²) < 4.78 is 5.35. The van der Waals surface area contributed by atoms with Gasteiger partial charge in [0.05, 0.1) is 11.6 Å². The molecular weight excluding hydrogens is 244 g/mol. The number of benzene rings is 1. The van der Waals surface area contributed by atoms with Crippen LogP contribution in [-0.2, 0) is 12.8 Å². The highest BCUT2D eigenvalue weighted by Gasteiger charge is 2.18. The molecule has 1 heterocycles. The zero-order valence-corrected chi connectivity index (χ0v) is 11.9. The van der Waals surface area contributed by atoms with Gasteiger partial charge in [-0.3, -0.25) is 0 Å². The summed E-state index contributed by atoms with van der Waals surface area (Å²) in [6.45, 7) is 6.29. The number of aryl methyl sites for hydroxylation is 3. The second-order valence-electron chi connectivity index (χ2n) is 4.53. The van der Waals surface area contributed by atoms with Crippen molar-refractivity contribution in [1.82, 2.24) is 0 Å². The molecule has 0 fully saturated rings. The van der Waals surface area contributed by atoms with Gasteiger partial charge in [-0.2, -0.15) is 0 Å². The van der Waals surface area contributed by atoms with Gasteiger partial charge in [0.2, 0.25) is 0 Å². The lowest BCUT2D eigenvalue weighted by Gasteiger charge is -2.15. The SMILES string of the molecule is CCc1ccc(CC)c(C(Cl)c2ccoc2C)c1. The molecule has 1 nitrogen and oxygen atoms in total. The fraction of sp³-hybridized carbons (Fsp3) is 0.375. The third-order valence-corrected chi connectivity index (χ3v) is 3.91. The van der Waals surface area contributed by atoms with E-state index < -0.39 is 0 Å². The van der Waals surface area contributed by atoms with Crippen molar-refractivity contribution in [3.05, 3.63) is 58.5 Å². The zero-order chi connectivity index (χ0) is 13.1. The molecule has 1 unspecified atom stereocenters. The first-order chi connectivity index (χ1) is 8.67. The first-order valence-corrected chi connectivity index (χ1v) is 6.90. The predicted molar refractivity (Wildman–Crippen MR) is 76.3 cm³/mol. The van der Waals surface area contributed by atoms with Crippen LogP contribution < -0.4 is 0 Å². The van der Waals surface area contributed by atoms with Gasteiger partial charge >= 0.3 is 0 Å². The Hall–Kier alpha value is -1.21. The number of furan rings is 1. The maximum Gasteiger partial charge on any atom is 0.105 e. The summed E-state index contributed by atoms with van der Waals surface area (Å²) in [5.41, 5.74) is 4.92. The van der Waals surface area contributed by atoms with Crippen LogP contribution in [-0.4, -0.2) is 0 Å². The Balaban J connectivity index is 2.45. The Labute approximate surface area is 114 Å². The van der Waals surface area contributed by atoms with Crippen LogP contribution in [0.25, 0.3) is 0 Å². The molecule has 0 radical (unpaired) electrons. The maximum atomic E-state index is 6.63. The molecule has 2 heteroatoms. The van der Waals surface area contributed by atoms with Crippen LogP contribution in [0.1, 0.15) is 47.2 Å². The molecule has 1 aromatic carbocycles. The molecule has 2 aromatic rings. The predicted octanol–water partition coefficient (Wildman–Crippen LogP) is 5.04. The summed E-state index contributed by atoms with van der Waals surface area (Å²) in [6.07, 6.45) is 3.74. The van der Waals surface area contributed by atoms with Crippen LogP contribution in [0.4, 0.5) is 0 Å². The van der Waals surface area contributed by atoms with E-state index in [2.05, 4.69) is 32.0 Å². The zero-order valence-electron chi connectivity index (χ0n) is 11.2. The average molecular weight is 263 g/mol. The van der Waals surface area contributed by atoms with Crippen molar-refractivity contribution in [2.45, 2.75) is 39.0 Å². The molecule has 0 N–H and O–H groups in total. The molecule has 0 saturated heterocycles. The van der Waals surface area contributed by atoms with Crippen molar-refractivity contribution in [2.75, 3.05) is 0 Å². The van der Waals surface area contributed by atoms with Crippen LogP contribution >= 0.6 is 11.6 Å². The van der Waals surface area contributed by atoms with Crippen LogP contribution in [0, 0.1) is 6.92 Å². The van der Waals surface area contributed by atoms with Crippen LogP contribution in [0.2, 0.25) is 0 Å². The van der Waals surface area contributed by atoms with Gasteiger partial charge in [-0.15, -0.1) is 11.6 Å². The third kappa shape index (κ3) is 2.46. The van der Waals surface area contributed by atoms with E-state index in [4.69, 9.17) is 16.0 Å². The van der Waals surface area contributed by atoms with Gasteiger partial charge in [-0.05, 0) is 42.5 Å². The van der Waals surface area contributed by atoms with E-state index in [0.717, 1.165) is 24.2 Å². The van der Waals surface area contributed by atoms with Crippen LogP contribution in [0.5, 0.6) is 0 Å². The van der Waals surface area contributed by atoms with Gasteiger partial charge in [-0.25, -0.2) is 0 Å². The van der Waals surface area contributed by atoms with Gasteiger partial charge in [0.1, 0.15) is 5.76 Å². The van der Waals surface area contributed by atoms with Gasteiger partial charge in [0.15, 0.2) is 0 Å². The van der Waals surface area contributed by atoms with Gasteiger partial charge in [0, 0.05) is 5.56 Å². The normalized spacial score (nSPS) is 12.7. The Bertz CT molecular complexity index is 528. The highest BCUT2D eigenvalue weighted by atomic mass is 35.5. The van der Waals surface area contributed by atoms with E-state index in [0.29, 0.717) is 0 Å². The fourth-order valence-electron chi connectivity index (χ4n) is 2.25. The molecule has 1 aromatic heterocycles. The Morgan fingerprint density at radius 3 is 2.44 bits per heavy atom. The summed E-state index contributed by atoms with van der Waals surface area (Å²) in [7, 11) is 0. The van der Waals surface area contributed by atoms with E-state index in [-0.39, 0.29) is 5.38 Å². The van der Waals surface area contributed by atoms with E-state index in [9.17, 15) is 0 Å². The largest absolute Gasteiger partial charge is 0.469 e. The van der Waals surface area contributed by atoms with Crippen LogP contribution in [0.3, 0.4) is 0 Å². The highest BCUT2D eigenvalue weighted by Crippen LogP contribution is 2.34. The standard InChI is InChI=1S/C16H19ClO/c1-4-12-6-7-13(5-2)15(10-12)16(17)14-8-9-18-11(14)3/h6-10,16H,4-5H2,1-3H3. The van der Waals surface area contributed by atoms with Crippen LogP contribution in [0.15, 0.2) is 34.9 Å². The number of rotatable bonds is 4. The van der Waals surface area contributed by atoms with Crippen molar-refractivity contribution >= 4 is 11.6 Å². The smallest absolute Gasteiger partial charge is 0.105 e. The highest BCUT2D eigenvalue weighted by molar-refractivity contribution is 6.22. The fourth-order valence-corrected chi connectivity index (χ4v) is 2.68. The minimum absolute atomic E-state index is 0.120. The summed E-state index contributed by atoms with van der Waals surface area (Å²) in [5.74, 6) is 0.902. The average Bonchev–Trinajstić information content (AvgIpc) is 2.83. The monoisotopic (exact) mass is 262 g/mol. The van der Waals surface area contributed by atoms with Gasteiger partial charge in [-0.1, -0.05) is 32.0 Å².